The number of aromatic nitrogens is 2. The summed E-state index contributed by atoms with van der Waals surface area (Å²) in [5, 5.41) is 13.6. The zero-order chi connectivity index (χ0) is 17.8. The molecule has 0 aliphatic carbocycles. The Morgan fingerprint density at radius 3 is 2.68 bits per heavy atom. The van der Waals surface area contributed by atoms with Crippen LogP contribution in [0.3, 0.4) is 0 Å². The Balaban J connectivity index is 1.76. The maximum Gasteiger partial charge on any atom is 0.331 e. The van der Waals surface area contributed by atoms with Crippen molar-refractivity contribution in [2.45, 2.75) is 13.3 Å². The second-order valence-corrected chi connectivity index (χ2v) is 6.01. The molecule has 6 heteroatoms. The Bertz CT molecular complexity index is 930. The Morgan fingerprint density at radius 2 is 2.00 bits per heavy atom. The normalized spacial score (nSPS) is 11.5. The lowest BCUT2D eigenvalue weighted by atomic mass is 10.1. The molecule has 3 rings (SSSR count). The summed E-state index contributed by atoms with van der Waals surface area (Å²) in [5.74, 6) is 0.0529. The van der Waals surface area contributed by atoms with Crippen LogP contribution < -0.4 is 0 Å². The highest BCUT2D eigenvalue weighted by Gasteiger charge is 2.10. The molecule has 0 fully saturated rings. The van der Waals surface area contributed by atoms with Crippen LogP contribution in [0.25, 0.3) is 17.5 Å². The third-order valence-electron chi connectivity index (χ3n) is 3.60. The Morgan fingerprint density at radius 1 is 1.24 bits per heavy atom. The Kier molecular flexibility index (Phi) is 4.95. The molecule has 1 heterocycles. The van der Waals surface area contributed by atoms with Gasteiger partial charge < -0.3 is 9.63 Å². The zero-order valence-corrected chi connectivity index (χ0v) is 14.2. The first kappa shape index (κ1) is 16.9. The van der Waals surface area contributed by atoms with Crippen molar-refractivity contribution >= 4 is 23.6 Å². The lowest BCUT2D eigenvalue weighted by Crippen LogP contribution is -1.95. The summed E-state index contributed by atoms with van der Waals surface area (Å²) in [6.07, 6.45) is 2.13. The minimum Gasteiger partial charge on any atom is -0.478 e. The van der Waals surface area contributed by atoms with Crippen molar-refractivity contribution in [1.82, 2.24) is 10.1 Å². The van der Waals surface area contributed by atoms with Crippen molar-refractivity contribution in [2.24, 2.45) is 0 Å². The summed E-state index contributed by atoms with van der Waals surface area (Å²) < 4.78 is 5.31. The molecule has 0 aliphatic rings. The minimum atomic E-state index is -0.938. The number of hydrogen-bond donors (Lipinski definition) is 1. The first-order chi connectivity index (χ1) is 12.0. The highest BCUT2D eigenvalue weighted by molar-refractivity contribution is 6.30. The van der Waals surface area contributed by atoms with Gasteiger partial charge in [0.1, 0.15) is 0 Å². The van der Waals surface area contributed by atoms with Crippen LogP contribution in [0.15, 0.2) is 58.6 Å². The van der Waals surface area contributed by atoms with Gasteiger partial charge in [-0.3, -0.25) is 0 Å². The lowest BCUT2D eigenvalue weighted by molar-refractivity contribution is -0.132. The zero-order valence-electron chi connectivity index (χ0n) is 13.4. The van der Waals surface area contributed by atoms with Crippen LogP contribution in [0.2, 0.25) is 5.02 Å². The van der Waals surface area contributed by atoms with Crippen LogP contribution in [-0.2, 0) is 11.2 Å². The van der Waals surface area contributed by atoms with E-state index in [-0.39, 0.29) is 5.57 Å². The third-order valence-corrected chi connectivity index (χ3v) is 3.83. The molecule has 0 saturated carbocycles. The number of carboxylic acids is 1. The number of hydrogen-bond acceptors (Lipinski definition) is 4. The molecule has 126 valence electrons. The van der Waals surface area contributed by atoms with Gasteiger partial charge in [-0.2, -0.15) is 4.98 Å². The predicted octanol–water partition coefficient (Wildman–Crippen LogP) is 4.47. The number of carboxylic acid groups (broad SMARTS) is 1. The fraction of sp³-hybridized carbons (Fsp3) is 0.105. The summed E-state index contributed by atoms with van der Waals surface area (Å²) in [6.45, 7) is 1.55. The van der Waals surface area contributed by atoms with E-state index < -0.39 is 5.97 Å². The van der Waals surface area contributed by atoms with Crippen LogP contribution >= 0.6 is 11.6 Å². The monoisotopic (exact) mass is 354 g/mol. The molecule has 0 amide bonds. The highest BCUT2D eigenvalue weighted by atomic mass is 35.5. The molecular weight excluding hydrogens is 340 g/mol. The third kappa shape index (κ3) is 4.33. The average molecular weight is 355 g/mol. The average Bonchev–Trinajstić information content (AvgIpc) is 3.04. The van der Waals surface area contributed by atoms with Gasteiger partial charge in [-0.1, -0.05) is 41.0 Å². The quantitative estimate of drug-likeness (QED) is 0.684. The van der Waals surface area contributed by atoms with Gasteiger partial charge in [-0.05, 0) is 48.4 Å². The second-order valence-electron chi connectivity index (χ2n) is 5.58. The number of nitrogens with zero attached hydrogens (tertiary/aromatic N) is 2. The molecular formula is C19H15ClN2O3. The SMILES string of the molecule is C/C(=C\c1ccc(-c2nc(Cc3cccc(Cl)c3)no2)cc1)C(=O)O. The highest BCUT2D eigenvalue weighted by Crippen LogP contribution is 2.20. The van der Waals surface area contributed by atoms with Crippen LogP contribution in [0.5, 0.6) is 0 Å². The van der Waals surface area contributed by atoms with Crippen molar-refractivity contribution in [3.8, 4) is 11.5 Å². The van der Waals surface area contributed by atoms with Gasteiger partial charge >= 0.3 is 5.97 Å². The van der Waals surface area contributed by atoms with Crippen molar-refractivity contribution in [2.75, 3.05) is 0 Å². The number of carbonyl (C=O) groups is 1. The van der Waals surface area contributed by atoms with E-state index in [4.69, 9.17) is 21.2 Å². The standard InChI is InChI=1S/C19H15ClN2O3/c1-12(19(23)24)9-13-5-7-15(8-6-13)18-21-17(22-25-18)11-14-3-2-4-16(20)10-14/h2-10H,11H2,1H3,(H,23,24)/b12-9+. The van der Waals surface area contributed by atoms with Gasteiger partial charge in [0, 0.05) is 22.6 Å². The summed E-state index contributed by atoms with van der Waals surface area (Å²) in [7, 11) is 0. The second kappa shape index (κ2) is 7.32. The summed E-state index contributed by atoms with van der Waals surface area (Å²) in [6, 6.07) is 14.8. The van der Waals surface area contributed by atoms with Gasteiger partial charge in [-0.15, -0.1) is 0 Å². The first-order valence-electron chi connectivity index (χ1n) is 7.60. The number of halogens is 1. The summed E-state index contributed by atoms with van der Waals surface area (Å²) >= 11 is 5.98. The van der Waals surface area contributed by atoms with E-state index >= 15 is 0 Å². The molecule has 0 unspecified atom stereocenters. The van der Waals surface area contributed by atoms with Crippen molar-refractivity contribution in [3.63, 3.8) is 0 Å². The van der Waals surface area contributed by atoms with Crippen LogP contribution in [0, 0.1) is 0 Å². The van der Waals surface area contributed by atoms with Gasteiger partial charge in [0.2, 0.25) is 0 Å². The molecule has 25 heavy (non-hydrogen) atoms. The number of aliphatic carboxylic acids is 1. The molecule has 3 aromatic rings. The molecule has 0 atom stereocenters. The Labute approximate surface area is 149 Å². The van der Waals surface area contributed by atoms with E-state index in [1.807, 2.05) is 48.5 Å². The number of benzene rings is 2. The molecule has 2 aromatic carbocycles. The van der Waals surface area contributed by atoms with E-state index in [1.54, 1.807) is 13.0 Å². The fourth-order valence-electron chi connectivity index (χ4n) is 2.31. The van der Waals surface area contributed by atoms with Crippen molar-refractivity contribution in [3.05, 3.63) is 76.1 Å². The summed E-state index contributed by atoms with van der Waals surface area (Å²) in [4.78, 5) is 15.2. The molecule has 0 bridgehead atoms. The van der Waals surface area contributed by atoms with Crippen molar-refractivity contribution < 1.29 is 14.4 Å². The van der Waals surface area contributed by atoms with E-state index in [9.17, 15) is 4.79 Å². The Hall–Kier alpha value is -2.92. The van der Waals surface area contributed by atoms with Crippen LogP contribution in [0.4, 0.5) is 0 Å². The molecule has 1 aromatic heterocycles. The van der Waals surface area contributed by atoms with Crippen LogP contribution in [0.1, 0.15) is 23.9 Å². The molecule has 0 saturated heterocycles. The van der Waals surface area contributed by atoms with E-state index in [1.165, 1.54) is 0 Å². The maximum absolute atomic E-state index is 10.9. The fourth-order valence-corrected chi connectivity index (χ4v) is 2.52. The summed E-state index contributed by atoms with van der Waals surface area (Å²) in [5.41, 5.74) is 2.84. The molecule has 0 aliphatic heterocycles. The van der Waals surface area contributed by atoms with Gasteiger partial charge in [0.05, 0.1) is 0 Å². The van der Waals surface area contributed by atoms with Gasteiger partial charge in [0.25, 0.3) is 5.89 Å². The molecule has 5 nitrogen and oxygen atoms in total. The molecule has 0 radical (unpaired) electrons. The molecule has 1 N–H and O–H groups in total. The first-order valence-corrected chi connectivity index (χ1v) is 7.98. The van der Waals surface area contributed by atoms with Gasteiger partial charge in [-0.25, -0.2) is 4.79 Å². The number of rotatable bonds is 5. The topological polar surface area (TPSA) is 76.2 Å². The van der Waals surface area contributed by atoms with Crippen molar-refractivity contribution in [1.29, 1.82) is 0 Å². The maximum atomic E-state index is 10.9. The largest absolute Gasteiger partial charge is 0.478 e. The minimum absolute atomic E-state index is 0.273. The van der Waals surface area contributed by atoms with Gasteiger partial charge in [0.15, 0.2) is 5.82 Å². The lowest BCUT2D eigenvalue weighted by Gasteiger charge is -1.98. The van der Waals surface area contributed by atoms with E-state index in [2.05, 4.69) is 10.1 Å². The molecule has 0 spiro atoms. The van der Waals surface area contributed by atoms with Crippen LogP contribution in [-0.4, -0.2) is 21.2 Å². The van der Waals surface area contributed by atoms with E-state index in [0.29, 0.717) is 23.2 Å². The van der Waals surface area contributed by atoms with E-state index in [0.717, 1.165) is 16.7 Å². The smallest absolute Gasteiger partial charge is 0.331 e. The predicted molar refractivity (Wildman–Crippen MR) is 95.3 cm³/mol.